The van der Waals surface area contributed by atoms with E-state index in [1.54, 1.807) is 0 Å². The van der Waals surface area contributed by atoms with Crippen molar-refractivity contribution in [3.05, 3.63) is 0 Å². The number of likely N-dealkylation sites (N-methyl/N-ethyl adjacent to an activating group) is 1. The Labute approximate surface area is 118 Å². The van der Waals surface area contributed by atoms with Crippen LogP contribution < -0.4 is 16.4 Å². The summed E-state index contributed by atoms with van der Waals surface area (Å²) in [5, 5.41) is 13.8. The van der Waals surface area contributed by atoms with Crippen molar-refractivity contribution in [3.8, 4) is 0 Å². The molecule has 0 aromatic rings. The number of primary amides is 1. The lowest BCUT2D eigenvalue weighted by Crippen LogP contribution is -2.53. The molecule has 0 radical (unpaired) electrons. The number of aliphatic carboxylic acids is 1. The van der Waals surface area contributed by atoms with Gasteiger partial charge < -0.3 is 26.4 Å². The van der Waals surface area contributed by atoms with Gasteiger partial charge in [-0.3, -0.25) is 4.79 Å². The standard InChI is InChI=1S/C12H24N4O4/c1-7(2)9(6-16(3)4)15-12(20)14-8(11(18)19)5-10(13)17/h7-9H,5-6H2,1-4H3,(H2,13,17)(H,18,19)(H2,14,15,20)/t8-,9?/m1/s1. The number of carboxylic acids is 1. The van der Waals surface area contributed by atoms with Crippen LogP contribution in [0.1, 0.15) is 20.3 Å². The smallest absolute Gasteiger partial charge is 0.326 e. The molecule has 1 unspecified atom stereocenters. The van der Waals surface area contributed by atoms with E-state index in [0.717, 1.165) is 0 Å². The molecule has 0 fully saturated rings. The van der Waals surface area contributed by atoms with Gasteiger partial charge in [0.25, 0.3) is 0 Å². The Morgan fingerprint density at radius 1 is 1.20 bits per heavy atom. The van der Waals surface area contributed by atoms with Crippen LogP contribution in [0.3, 0.4) is 0 Å². The van der Waals surface area contributed by atoms with Crippen LogP contribution in [0, 0.1) is 5.92 Å². The molecule has 0 aliphatic rings. The van der Waals surface area contributed by atoms with E-state index in [2.05, 4.69) is 10.6 Å². The van der Waals surface area contributed by atoms with Crippen LogP contribution in [0.2, 0.25) is 0 Å². The molecular weight excluding hydrogens is 264 g/mol. The van der Waals surface area contributed by atoms with Crippen LogP contribution in [0.25, 0.3) is 0 Å². The van der Waals surface area contributed by atoms with Gasteiger partial charge in [0.05, 0.1) is 6.42 Å². The molecule has 8 nitrogen and oxygen atoms in total. The lowest BCUT2D eigenvalue weighted by Gasteiger charge is -2.26. The highest BCUT2D eigenvalue weighted by molar-refractivity contribution is 5.87. The number of amides is 3. The van der Waals surface area contributed by atoms with Crippen LogP contribution in [0.5, 0.6) is 0 Å². The van der Waals surface area contributed by atoms with Gasteiger partial charge in [-0.1, -0.05) is 13.8 Å². The third kappa shape index (κ3) is 7.57. The monoisotopic (exact) mass is 288 g/mol. The second-order valence-electron chi connectivity index (χ2n) is 5.29. The second-order valence-corrected chi connectivity index (χ2v) is 5.29. The minimum absolute atomic E-state index is 0.131. The average Bonchev–Trinajstić information content (AvgIpc) is 2.25. The molecule has 0 rings (SSSR count). The normalized spacial score (nSPS) is 13.9. The Morgan fingerprint density at radius 3 is 2.10 bits per heavy atom. The first-order valence-corrected chi connectivity index (χ1v) is 6.36. The summed E-state index contributed by atoms with van der Waals surface area (Å²) in [7, 11) is 3.75. The van der Waals surface area contributed by atoms with Crippen LogP contribution in [-0.2, 0) is 9.59 Å². The second kappa shape index (κ2) is 8.36. The Balaban J connectivity index is 4.56. The molecular formula is C12H24N4O4. The Morgan fingerprint density at radius 2 is 1.75 bits per heavy atom. The quantitative estimate of drug-likeness (QED) is 0.465. The number of nitrogens with two attached hydrogens (primary N) is 1. The number of hydrogen-bond donors (Lipinski definition) is 4. The lowest BCUT2D eigenvalue weighted by molar-refractivity contribution is -0.140. The number of urea groups is 1. The molecule has 0 aliphatic carbocycles. The summed E-state index contributed by atoms with van der Waals surface area (Å²) >= 11 is 0. The predicted octanol–water partition coefficient (Wildman–Crippen LogP) is -0.800. The zero-order valence-electron chi connectivity index (χ0n) is 12.3. The van der Waals surface area contributed by atoms with Crippen molar-refractivity contribution in [3.63, 3.8) is 0 Å². The van der Waals surface area contributed by atoms with Crippen LogP contribution >= 0.6 is 0 Å². The van der Waals surface area contributed by atoms with Crippen LogP contribution in [-0.4, -0.2) is 60.6 Å². The maximum Gasteiger partial charge on any atom is 0.326 e. The molecule has 0 aliphatic heterocycles. The van der Waals surface area contributed by atoms with Gasteiger partial charge >= 0.3 is 12.0 Å². The summed E-state index contributed by atoms with van der Waals surface area (Å²) in [6, 6.07) is -2.08. The van der Waals surface area contributed by atoms with Gasteiger partial charge in [0.1, 0.15) is 6.04 Å². The molecule has 5 N–H and O–H groups in total. The summed E-state index contributed by atoms with van der Waals surface area (Å²) in [6.07, 6.45) is -0.442. The Hall–Kier alpha value is -1.83. The van der Waals surface area contributed by atoms with Crippen molar-refractivity contribution in [1.29, 1.82) is 0 Å². The molecule has 2 atom stereocenters. The fraction of sp³-hybridized carbons (Fsp3) is 0.750. The highest BCUT2D eigenvalue weighted by atomic mass is 16.4. The average molecular weight is 288 g/mol. The summed E-state index contributed by atoms with van der Waals surface area (Å²) in [5.41, 5.74) is 4.94. The number of carbonyl (C=O) groups excluding carboxylic acids is 2. The summed E-state index contributed by atoms with van der Waals surface area (Å²) in [5.74, 6) is -1.90. The van der Waals surface area contributed by atoms with Gasteiger partial charge in [-0.2, -0.15) is 0 Å². The van der Waals surface area contributed by atoms with Crippen molar-refractivity contribution >= 4 is 17.9 Å². The minimum atomic E-state index is -1.32. The number of carbonyl (C=O) groups is 3. The Kier molecular flexibility index (Phi) is 7.60. The number of rotatable bonds is 8. The zero-order chi connectivity index (χ0) is 15.9. The van der Waals surface area contributed by atoms with Gasteiger partial charge in [-0.25, -0.2) is 9.59 Å². The summed E-state index contributed by atoms with van der Waals surface area (Å²) in [4.78, 5) is 35.4. The topological polar surface area (TPSA) is 125 Å². The van der Waals surface area contributed by atoms with E-state index in [9.17, 15) is 14.4 Å². The third-order valence-electron chi connectivity index (χ3n) is 2.69. The van der Waals surface area contributed by atoms with E-state index < -0.39 is 30.4 Å². The number of hydrogen-bond acceptors (Lipinski definition) is 4. The zero-order valence-corrected chi connectivity index (χ0v) is 12.3. The maximum atomic E-state index is 11.8. The maximum absolute atomic E-state index is 11.8. The fourth-order valence-electron chi connectivity index (χ4n) is 1.59. The van der Waals surface area contributed by atoms with Gasteiger partial charge in [0.15, 0.2) is 0 Å². The van der Waals surface area contributed by atoms with Gasteiger partial charge in [0, 0.05) is 12.6 Å². The van der Waals surface area contributed by atoms with E-state index in [1.165, 1.54) is 0 Å². The van der Waals surface area contributed by atoms with Crippen LogP contribution in [0.4, 0.5) is 4.79 Å². The highest BCUT2D eigenvalue weighted by Crippen LogP contribution is 2.03. The lowest BCUT2D eigenvalue weighted by atomic mass is 10.0. The molecule has 8 heteroatoms. The fourth-order valence-corrected chi connectivity index (χ4v) is 1.59. The molecule has 0 aromatic carbocycles. The predicted molar refractivity (Wildman–Crippen MR) is 74.1 cm³/mol. The molecule has 0 aromatic heterocycles. The SMILES string of the molecule is CC(C)C(CN(C)C)NC(=O)N[C@H](CC(N)=O)C(=O)O. The van der Waals surface area contributed by atoms with Crippen molar-refractivity contribution in [1.82, 2.24) is 15.5 Å². The molecule has 0 spiro atoms. The summed E-state index contributed by atoms with van der Waals surface area (Å²) < 4.78 is 0. The van der Waals surface area contributed by atoms with Crippen LogP contribution in [0.15, 0.2) is 0 Å². The minimum Gasteiger partial charge on any atom is -0.480 e. The highest BCUT2D eigenvalue weighted by Gasteiger charge is 2.24. The Bertz CT molecular complexity index is 357. The molecule has 20 heavy (non-hydrogen) atoms. The first kappa shape index (κ1) is 18.2. The van der Waals surface area contributed by atoms with Crippen molar-refractivity contribution in [2.24, 2.45) is 11.7 Å². The van der Waals surface area contributed by atoms with Crippen molar-refractivity contribution in [2.75, 3.05) is 20.6 Å². The first-order valence-electron chi connectivity index (χ1n) is 6.36. The first-order chi connectivity index (χ1) is 9.13. The molecule has 0 bridgehead atoms. The largest absolute Gasteiger partial charge is 0.480 e. The molecule has 0 saturated heterocycles. The van der Waals surface area contributed by atoms with E-state index in [0.29, 0.717) is 6.54 Å². The van der Waals surface area contributed by atoms with E-state index in [1.807, 2.05) is 32.8 Å². The van der Waals surface area contributed by atoms with Crippen molar-refractivity contribution < 1.29 is 19.5 Å². The van der Waals surface area contributed by atoms with E-state index in [-0.39, 0.29) is 12.0 Å². The molecule has 0 saturated carbocycles. The van der Waals surface area contributed by atoms with Gasteiger partial charge in [-0.05, 0) is 20.0 Å². The molecule has 3 amide bonds. The molecule has 116 valence electrons. The molecule has 0 heterocycles. The number of nitrogens with zero attached hydrogens (tertiary/aromatic N) is 1. The van der Waals surface area contributed by atoms with Gasteiger partial charge in [0.2, 0.25) is 5.91 Å². The van der Waals surface area contributed by atoms with Gasteiger partial charge in [-0.15, -0.1) is 0 Å². The third-order valence-corrected chi connectivity index (χ3v) is 2.69. The van der Waals surface area contributed by atoms with Crippen molar-refractivity contribution in [2.45, 2.75) is 32.4 Å². The number of carboxylic acid groups (broad SMARTS) is 1. The van der Waals surface area contributed by atoms with E-state index >= 15 is 0 Å². The van der Waals surface area contributed by atoms with E-state index in [4.69, 9.17) is 10.8 Å². The number of nitrogens with one attached hydrogen (secondary N) is 2. The summed E-state index contributed by atoms with van der Waals surface area (Å²) in [6.45, 7) is 4.53.